The van der Waals surface area contributed by atoms with E-state index in [0.717, 1.165) is 56.4 Å². The summed E-state index contributed by atoms with van der Waals surface area (Å²) in [6.45, 7) is 6.14. The van der Waals surface area contributed by atoms with Crippen molar-refractivity contribution in [1.82, 2.24) is 20.5 Å². The van der Waals surface area contributed by atoms with Crippen molar-refractivity contribution in [3.05, 3.63) is 65.9 Å². The lowest BCUT2D eigenvalue weighted by Crippen LogP contribution is -2.38. The van der Waals surface area contributed by atoms with Crippen LogP contribution in [0.15, 0.2) is 59.7 Å². The van der Waals surface area contributed by atoms with Gasteiger partial charge in [0.25, 0.3) is 0 Å². The average Bonchev–Trinajstić information content (AvgIpc) is 3.19. The summed E-state index contributed by atoms with van der Waals surface area (Å²) in [5, 5.41) is 8.06. The second kappa shape index (κ2) is 14.0. The molecular formula is C25H36IN5O. The van der Waals surface area contributed by atoms with Gasteiger partial charge in [-0.2, -0.15) is 0 Å². The lowest BCUT2D eigenvalue weighted by Gasteiger charge is -2.12. The Morgan fingerprint density at radius 3 is 2.59 bits per heavy atom. The molecule has 0 spiro atoms. The molecule has 3 N–H and O–H groups in total. The number of nitrogens with one attached hydrogen (secondary N) is 3. The molecule has 0 amide bonds. The number of ether oxygens (including phenoxy) is 1. The largest absolute Gasteiger partial charge is 0.494 e. The number of rotatable bonds is 11. The van der Waals surface area contributed by atoms with E-state index < -0.39 is 0 Å². The molecule has 6 nitrogen and oxygen atoms in total. The maximum Gasteiger partial charge on any atom is 0.191 e. The molecule has 0 aliphatic rings. The molecule has 0 saturated carbocycles. The number of para-hydroxylation sites is 1. The first-order valence-corrected chi connectivity index (χ1v) is 11.1. The van der Waals surface area contributed by atoms with Gasteiger partial charge in [-0.1, -0.05) is 30.3 Å². The lowest BCUT2D eigenvalue weighted by molar-refractivity contribution is 0.281. The highest BCUT2D eigenvalue weighted by atomic mass is 127. The second-order valence-electron chi connectivity index (χ2n) is 7.88. The van der Waals surface area contributed by atoms with Gasteiger partial charge in [-0.25, -0.2) is 4.99 Å². The Balaban J connectivity index is 0.00000363. The van der Waals surface area contributed by atoms with Crippen molar-refractivity contribution in [3.8, 4) is 5.75 Å². The van der Waals surface area contributed by atoms with E-state index in [4.69, 9.17) is 9.73 Å². The van der Waals surface area contributed by atoms with Crippen molar-refractivity contribution < 1.29 is 4.74 Å². The standard InChI is InChI=1S/C25H35N5O.HI/c1-4-26-25(27-15-14-21-19-28-24-9-6-5-8-23(21)24)29-18-20-10-12-22(13-11-20)31-17-7-16-30(2)3;/h5-6,8-13,19,28H,4,7,14-18H2,1-3H3,(H2,26,27,29);1H. The first-order chi connectivity index (χ1) is 15.2. The van der Waals surface area contributed by atoms with Crippen LogP contribution in [0, 0.1) is 0 Å². The SMILES string of the molecule is CCNC(=NCc1ccc(OCCCN(C)C)cc1)NCCc1c[nH]c2ccccc12.I. The smallest absolute Gasteiger partial charge is 0.191 e. The Hall–Kier alpha value is -2.26. The Morgan fingerprint density at radius 2 is 1.84 bits per heavy atom. The monoisotopic (exact) mass is 549 g/mol. The molecule has 2 aromatic carbocycles. The van der Waals surface area contributed by atoms with Gasteiger partial charge in [-0.3, -0.25) is 0 Å². The normalized spacial score (nSPS) is 11.4. The molecule has 0 aliphatic carbocycles. The highest BCUT2D eigenvalue weighted by Gasteiger charge is 2.04. The predicted octanol–water partition coefficient (Wildman–Crippen LogP) is 4.41. The van der Waals surface area contributed by atoms with Gasteiger partial charge in [0.2, 0.25) is 0 Å². The van der Waals surface area contributed by atoms with Crippen molar-refractivity contribution in [1.29, 1.82) is 0 Å². The van der Waals surface area contributed by atoms with E-state index in [1.165, 1.54) is 16.5 Å². The fraction of sp³-hybridized carbons (Fsp3) is 0.400. The van der Waals surface area contributed by atoms with Crippen molar-refractivity contribution in [2.24, 2.45) is 4.99 Å². The molecule has 3 aromatic rings. The van der Waals surface area contributed by atoms with Gasteiger partial charge >= 0.3 is 0 Å². The van der Waals surface area contributed by atoms with E-state index in [2.05, 4.69) is 84.1 Å². The third-order valence-corrected chi connectivity index (χ3v) is 5.07. The van der Waals surface area contributed by atoms with E-state index in [1.54, 1.807) is 0 Å². The van der Waals surface area contributed by atoms with Crippen LogP contribution in [-0.4, -0.2) is 56.2 Å². The molecule has 7 heteroatoms. The zero-order valence-electron chi connectivity index (χ0n) is 19.4. The zero-order chi connectivity index (χ0) is 21.9. The van der Waals surface area contributed by atoms with Gasteiger partial charge in [-0.15, -0.1) is 24.0 Å². The predicted molar refractivity (Wildman–Crippen MR) is 145 cm³/mol. The second-order valence-corrected chi connectivity index (χ2v) is 7.88. The molecule has 0 saturated heterocycles. The summed E-state index contributed by atoms with van der Waals surface area (Å²) in [6, 6.07) is 16.6. The summed E-state index contributed by atoms with van der Waals surface area (Å²) in [4.78, 5) is 10.2. The molecule has 1 aromatic heterocycles. The number of H-pyrrole nitrogens is 1. The van der Waals surface area contributed by atoms with Crippen LogP contribution >= 0.6 is 24.0 Å². The Kier molecular flexibility index (Phi) is 11.4. The summed E-state index contributed by atoms with van der Waals surface area (Å²) >= 11 is 0. The van der Waals surface area contributed by atoms with Crippen LogP contribution in [0.5, 0.6) is 5.75 Å². The van der Waals surface area contributed by atoms with Crippen molar-refractivity contribution in [3.63, 3.8) is 0 Å². The fourth-order valence-corrected chi connectivity index (χ4v) is 3.43. The number of nitrogens with zero attached hydrogens (tertiary/aromatic N) is 2. The van der Waals surface area contributed by atoms with Gasteiger partial charge in [-0.05, 0) is 63.2 Å². The lowest BCUT2D eigenvalue weighted by atomic mass is 10.1. The molecule has 32 heavy (non-hydrogen) atoms. The van der Waals surface area contributed by atoms with Crippen LogP contribution < -0.4 is 15.4 Å². The highest BCUT2D eigenvalue weighted by Crippen LogP contribution is 2.17. The van der Waals surface area contributed by atoms with Crippen LogP contribution in [-0.2, 0) is 13.0 Å². The number of hydrogen-bond acceptors (Lipinski definition) is 3. The van der Waals surface area contributed by atoms with E-state index in [-0.39, 0.29) is 24.0 Å². The number of aliphatic imine (C=N–C) groups is 1. The van der Waals surface area contributed by atoms with E-state index >= 15 is 0 Å². The third-order valence-electron chi connectivity index (χ3n) is 5.07. The minimum absolute atomic E-state index is 0. The Bertz CT molecular complexity index is 952. The van der Waals surface area contributed by atoms with Crippen LogP contribution in [0.25, 0.3) is 10.9 Å². The van der Waals surface area contributed by atoms with Crippen LogP contribution in [0.1, 0.15) is 24.5 Å². The number of guanidine groups is 1. The number of fused-ring (bicyclic) bond motifs is 1. The van der Waals surface area contributed by atoms with Crippen LogP contribution in [0.2, 0.25) is 0 Å². The molecule has 174 valence electrons. The highest BCUT2D eigenvalue weighted by molar-refractivity contribution is 14.0. The quantitative estimate of drug-likeness (QED) is 0.144. The molecule has 0 aliphatic heterocycles. The molecular weight excluding hydrogens is 513 g/mol. The summed E-state index contributed by atoms with van der Waals surface area (Å²) in [5.41, 5.74) is 3.66. The summed E-state index contributed by atoms with van der Waals surface area (Å²) in [6.07, 6.45) is 4.06. The Labute approximate surface area is 208 Å². The maximum absolute atomic E-state index is 5.80. The van der Waals surface area contributed by atoms with Crippen molar-refractivity contribution in [2.75, 3.05) is 40.3 Å². The number of hydrogen-bond donors (Lipinski definition) is 3. The van der Waals surface area contributed by atoms with Gasteiger partial charge in [0, 0.05) is 36.7 Å². The molecule has 0 fully saturated rings. The minimum Gasteiger partial charge on any atom is -0.494 e. The molecule has 0 atom stereocenters. The van der Waals surface area contributed by atoms with E-state index in [0.29, 0.717) is 6.54 Å². The van der Waals surface area contributed by atoms with Gasteiger partial charge < -0.3 is 25.3 Å². The summed E-state index contributed by atoms with van der Waals surface area (Å²) in [5.74, 6) is 1.75. The first kappa shape index (κ1) is 26.0. The summed E-state index contributed by atoms with van der Waals surface area (Å²) in [7, 11) is 4.15. The molecule has 0 radical (unpaired) electrons. The topological polar surface area (TPSA) is 64.7 Å². The van der Waals surface area contributed by atoms with Crippen LogP contribution in [0.4, 0.5) is 0 Å². The molecule has 0 unspecified atom stereocenters. The maximum atomic E-state index is 5.80. The fourth-order valence-electron chi connectivity index (χ4n) is 3.43. The molecule has 1 heterocycles. The van der Waals surface area contributed by atoms with Crippen LogP contribution in [0.3, 0.4) is 0 Å². The van der Waals surface area contributed by atoms with E-state index in [9.17, 15) is 0 Å². The third kappa shape index (κ3) is 8.35. The number of halogens is 1. The average molecular weight is 550 g/mol. The number of benzene rings is 2. The number of aromatic nitrogens is 1. The first-order valence-electron chi connectivity index (χ1n) is 11.1. The minimum atomic E-state index is 0. The van der Waals surface area contributed by atoms with Gasteiger partial charge in [0.1, 0.15) is 5.75 Å². The molecule has 0 bridgehead atoms. The van der Waals surface area contributed by atoms with Crippen molar-refractivity contribution in [2.45, 2.75) is 26.3 Å². The molecule has 3 rings (SSSR count). The van der Waals surface area contributed by atoms with Gasteiger partial charge in [0.05, 0.1) is 13.2 Å². The van der Waals surface area contributed by atoms with Crippen molar-refractivity contribution >= 4 is 40.8 Å². The zero-order valence-corrected chi connectivity index (χ0v) is 21.7. The number of aromatic amines is 1. The van der Waals surface area contributed by atoms with E-state index in [1.807, 2.05) is 12.1 Å². The Morgan fingerprint density at radius 1 is 1.06 bits per heavy atom. The summed E-state index contributed by atoms with van der Waals surface area (Å²) < 4.78 is 5.80. The van der Waals surface area contributed by atoms with Gasteiger partial charge in [0.15, 0.2) is 5.96 Å².